The van der Waals surface area contributed by atoms with Crippen LogP contribution in [0.15, 0.2) is 11.8 Å². The summed E-state index contributed by atoms with van der Waals surface area (Å²) < 4.78 is 0. The summed E-state index contributed by atoms with van der Waals surface area (Å²) in [4.78, 5) is 0. The number of hydrogen-bond acceptors (Lipinski definition) is 1. The first-order valence-corrected chi connectivity index (χ1v) is 4.27. The summed E-state index contributed by atoms with van der Waals surface area (Å²) in [5.74, 6) is 2.03. The SMILES string of the molecule is OC1=CC[C@H]2CCCCC12. The molecular formula is C9H14O. The molecule has 0 heterocycles. The average molecular weight is 138 g/mol. The standard InChI is InChI=1S/C9H14O/c10-9-6-5-7-3-1-2-4-8(7)9/h6-8,10H,1-5H2/t7-,8?/m1/s1. The molecule has 0 aliphatic heterocycles. The van der Waals surface area contributed by atoms with Crippen LogP contribution in [0.5, 0.6) is 0 Å². The number of rotatable bonds is 0. The Labute approximate surface area is 61.8 Å². The summed E-state index contributed by atoms with van der Waals surface area (Å²) in [7, 11) is 0. The predicted octanol–water partition coefficient (Wildman–Crippen LogP) is 2.64. The van der Waals surface area contributed by atoms with Gasteiger partial charge >= 0.3 is 0 Å². The lowest BCUT2D eigenvalue weighted by atomic mass is 9.81. The fourth-order valence-electron chi connectivity index (χ4n) is 2.30. The van der Waals surface area contributed by atoms with Crippen molar-refractivity contribution in [3.8, 4) is 0 Å². The predicted molar refractivity (Wildman–Crippen MR) is 40.8 cm³/mol. The molecule has 0 amide bonds. The highest BCUT2D eigenvalue weighted by molar-refractivity contribution is 5.08. The van der Waals surface area contributed by atoms with Gasteiger partial charge in [-0.15, -0.1) is 0 Å². The van der Waals surface area contributed by atoms with Gasteiger partial charge in [-0.1, -0.05) is 12.8 Å². The van der Waals surface area contributed by atoms with Gasteiger partial charge in [0.1, 0.15) is 0 Å². The minimum absolute atomic E-state index is 0.550. The van der Waals surface area contributed by atoms with Gasteiger partial charge in [0, 0.05) is 5.92 Å². The molecule has 0 aromatic heterocycles. The smallest absolute Gasteiger partial charge is 0.0916 e. The summed E-state index contributed by atoms with van der Waals surface area (Å²) in [5.41, 5.74) is 0. The number of fused-ring (bicyclic) bond motifs is 1. The van der Waals surface area contributed by atoms with E-state index >= 15 is 0 Å². The van der Waals surface area contributed by atoms with Crippen molar-refractivity contribution >= 4 is 0 Å². The van der Waals surface area contributed by atoms with Crippen molar-refractivity contribution in [2.75, 3.05) is 0 Å². The zero-order chi connectivity index (χ0) is 6.97. The first-order chi connectivity index (χ1) is 4.88. The summed E-state index contributed by atoms with van der Waals surface area (Å²) in [6, 6.07) is 0. The molecular weight excluding hydrogens is 124 g/mol. The largest absolute Gasteiger partial charge is 0.512 e. The van der Waals surface area contributed by atoms with Crippen LogP contribution in [0.25, 0.3) is 0 Å². The van der Waals surface area contributed by atoms with Crippen LogP contribution in [-0.2, 0) is 0 Å². The maximum atomic E-state index is 9.39. The Balaban J connectivity index is 2.08. The van der Waals surface area contributed by atoms with Gasteiger partial charge in [0.05, 0.1) is 5.76 Å². The molecule has 2 atom stereocenters. The van der Waals surface area contributed by atoms with E-state index in [1.165, 1.54) is 25.7 Å². The fraction of sp³-hybridized carbons (Fsp3) is 0.778. The third kappa shape index (κ3) is 0.845. The van der Waals surface area contributed by atoms with Gasteiger partial charge in [0.25, 0.3) is 0 Å². The molecule has 0 aromatic carbocycles. The lowest BCUT2D eigenvalue weighted by Crippen LogP contribution is -2.15. The van der Waals surface area contributed by atoms with Crippen LogP contribution in [0.3, 0.4) is 0 Å². The van der Waals surface area contributed by atoms with E-state index < -0.39 is 0 Å². The van der Waals surface area contributed by atoms with Crippen LogP contribution in [0.2, 0.25) is 0 Å². The van der Waals surface area contributed by atoms with E-state index in [1.807, 2.05) is 6.08 Å². The van der Waals surface area contributed by atoms with Gasteiger partial charge in [-0.25, -0.2) is 0 Å². The van der Waals surface area contributed by atoms with Crippen molar-refractivity contribution in [1.29, 1.82) is 0 Å². The molecule has 10 heavy (non-hydrogen) atoms. The number of aliphatic hydroxyl groups is 1. The molecule has 2 aliphatic carbocycles. The van der Waals surface area contributed by atoms with E-state index in [4.69, 9.17) is 0 Å². The monoisotopic (exact) mass is 138 g/mol. The fourth-order valence-corrected chi connectivity index (χ4v) is 2.30. The van der Waals surface area contributed by atoms with Crippen LogP contribution >= 0.6 is 0 Å². The third-order valence-corrected chi connectivity index (χ3v) is 2.92. The lowest BCUT2D eigenvalue weighted by molar-refractivity contribution is 0.229. The van der Waals surface area contributed by atoms with Gasteiger partial charge in [-0.05, 0) is 31.3 Å². The molecule has 1 saturated carbocycles. The lowest BCUT2D eigenvalue weighted by Gasteiger charge is -2.25. The van der Waals surface area contributed by atoms with E-state index in [-0.39, 0.29) is 0 Å². The molecule has 0 radical (unpaired) electrons. The summed E-state index contributed by atoms with van der Waals surface area (Å²) >= 11 is 0. The normalized spacial score (nSPS) is 39.0. The van der Waals surface area contributed by atoms with E-state index in [0.717, 1.165) is 12.3 Å². The van der Waals surface area contributed by atoms with Crippen LogP contribution in [0, 0.1) is 11.8 Å². The maximum Gasteiger partial charge on any atom is 0.0916 e. The molecule has 2 rings (SSSR count). The number of hydrogen-bond donors (Lipinski definition) is 1. The Kier molecular flexibility index (Phi) is 1.44. The number of allylic oxidation sites excluding steroid dienone is 2. The first-order valence-electron chi connectivity index (χ1n) is 4.27. The van der Waals surface area contributed by atoms with Crippen LogP contribution < -0.4 is 0 Å². The highest BCUT2D eigenvalue weighted by atomic mass is 16.3. The molecule has 0 aromatic rings. The minimum Gasteiger partial charge on any atom is -0.512 e. The van der Waals surface area contributed by atoms with Gasteiger partial charge < -0.3 is 5.11 Å². The maximum absolute atomic E-state index is 9.39. The zero-order valence-electron chi connectivity index (χ0n) is 6.21. The molecule has 0 bridgehead atoms. The first kappa shape index (κ1) is 6.26. The second-order valence-corrected chi connectivity index (χ2v) is 3.52. The third-order valence-electron chi connectivity index (χ3n) is 2.92. The van der Waals surface area contributed by atoms with Crippen molar-refractivity contribution in [3.63, 3.8) is 0 Å². The molecule has 0 saturated heterocycles. The summed E-state index contributed by atoms with van der Waals surface area (Å²) in [6.07, 6.45) is 8.41. The Morgan fingerprint density at radius 2 is 2.10 bits per heavy atom. The highest BCUT2D eigenvalue weighted by Gasteiger charge is 2.31. The molecule has 56 valence electrons. The average Bonchev–Trinajstić information content (AvgIpc) is 2.34. The summed E-state index contributed by atoms with van der Waals surface area (Å²) in [6.45, 7) is 0. The molecule has 1 N–H and O–H groups in total. The van der Waals surface area contributed by atoms with Gasteiger partial charge in [0.15, 0.2) is 0 Å². The van der Waals surface area contributed by atoms with E-state index in [0.29, 0.717) is 11.7 Å². The van der Waals surface area contributed by atoms with E-state index in [1.54, 1.807) is 0 Å². The molecule has 1 unspecified atom stereocenters. The van der Waals surface area contributed by atoms with E-state index in [9.17, 15) is 5.11 Å². The second kappa shape index (κ2) is 2.30. The zero-order valence-corrected chi connectivity index (χ0v) is 6.21. The topological polar surface area (TPSA) is 20.2 Å². The van der Waals surface area contributed by atoms with Crippen molar-refractivity contribution < 1.29 is 5.11 Å². The number of aliphatic hydroxyl groups excluding tert-OH is 1. The molecule has 1 heteroatoms. The quantitative estimate of drug-likeness (QED) is 0.545. The van der Waals surface area contributed by atoms with Crippen LogP contribution in [0.4, 0.5) is 0 Å². The second-order valence-electron chi connectivity index (χ2n) is 3.52. The van der Waals surface area contributed by atoms with Gasteiger partial charge in [-0.2, -0.15) is 0 Å². The van der Waals surface area contributed by atoms with Crippen molar-refractivity contribution in [1.82, 2.24) is 0 Å². The molecule has 1 fully saturated rings. The molecule has 0 spiro atoms. The van der Waals surface area contributed by atoms with Crippen LogP contribution in [0.1, 0.15) is 32.1 Å². The minimum atomic E-state index is 0.550. The molecule has 1 nitrogen and oxygen atoms in total. The van der Waals surface area contributed by atoms with Gasteiger partial charge in [-0.3, -0.25) is 0 Å². The van der Waals surface area contributed by atoms with Gasteiger partial charge in [0.2, 0.25) is 0 Å². The Bertz CT molecular complexity index is 160. The molecule has 2 aliphatic rings. The van der Waals surface area contributed by atoms with E-state index in [2.05, 4.69) is 0 Å². The van der Waals surface area contributed by atoms with Crippen molar-refractivity contribution in [2.45, 2.75) is 32.1 Å². The Morgan fingerprint density at radius 1 is 1.30 bits per heavy atom. The highest BCUT2D eigenvalue weighted by Crippen LogP contribution is 2.40. The van der Waals surface area contributed by atoms with Crippen molar-refractivity contribution in [3.05, 3.63) is 11.8 Å². The van der Waals surface area contributed by atoms with Crippen LogP contribution in [-0.4, -0.2) is 5.11 Å². The summed E-state index contributed by atoms with van der Waals surface area (Å²) in [5, 5.41) is 9.39. The Hall–Kier alpha value is -0.460. The Morgan fingerprint density at radius 3 is 2.90 bits per heavy atom. The van der Waals surface area contributed by atoms with Crippen molar-refractivity contribution in [2.24, 2.45) is 11.8 Å².